The number of unbranched alkanes of at least 4 members (excludes halogenated alkanes) is 2. The normalized spacial score (nSPS) is 11.7. The van der Waals surface area contributed by atoms with Crippen molar-refractivity contribution in [1.29, 1.82) is 0 Å². The quantitative estimate of drug-likeness (QED) is 0.805. The van der Waals surface area contributed by atoms with Crippen LogP contribution in [0.1, 0.15) is 43.0 Å². The maximum Gasteiger partial charge on any atom is 0.156 e. The van der Waals surface area contributed by atoms with Gasteiger partial charge in [-0.3, -0.25) is 4.98 Å². The number of nitrogens with two attached hydrogens (primary N) is 1. The molecule has 1 aromatic heterocycles. The van der Waals surface area contributed by atoms with Crippen molar-refractivity contribution in [3.63, 3.8) is 0 Å². The van der Waals surface area contributed by atoms with Crippen molar-refractivity contribution in [1.82, 2.24) is 4.98 Å². The van der Waals surface area contributed by atoms with E-state index in [-0.39, 0.29) is 11.5 Å². The van der Waals surface area contributed by atoms with Crippen LogP contribution in [0.2, 0.25) is 0 Å². The Hall–Kier alpha value is -1.10. The van der Waals surface area contributed by atoms with Crippen molar-refractivity contribution < 1.29 is 8.42 Å². The molecule has 0 fully saturated rings. The summed E-state index contributed by atoms with van der Waals surface area (Å²) in [4.78, 5) is 4.19. The number of nitrogens with zero attached hydrogens (tertiary/aromatic N) is 1. The Balaban J connectivity index is 2.82. The Morgan fingerprint density at radius 1 is 1.28 bits per heavy atom. The number of nitrogen functional groups attached to an aromatic ring is 1. The van der Waals surface area contributed by atoms with Gasteiger partial charge < -0.3 is 5.73 Å². The Morgan fingerprint density at radius 3 is 2.56 bits per heavy atom. The molecular formula is C13H22N2O2S. The van der Waals surface area contributed by atoms with Gasteiger partial charge in [-0.25, -0.2) is 8.42 Å². The molecular weight excluding hydrogens is 248 g/mol. The molecule has 0 amide bonds. The maximum absolute atomic E-state index is 11.9. The Bertz CT molecular complexity index is 510. The van der Waals surface area contributed by atoms with E-state index < -0.39 is 9.84 Å². The Morgan fingerprint density at radius 2 is 1.94 bits per heavy atom. The third kappa shape index (κ3) is 3.98. The molecule has 1 rings (SSSR count). The number of hydrogen-bond acceptors (Lipinski definition) is 4. The second-order valence-corrected chi connectivity index (χ2v) is 6.91. The lowest BCUT2D eigenvalue weighted by Gasteiger charge is -2.10. The first kappa shape index (κ1) is 15.0. The molecule has 4 nitrogen and oxygen atoms in total. The molecule has 0 saturated carbocycles. The number of rotatable bonds is 6. The van der Waals surface area contributed by atoms with Crippen LogP contribution < -0.4 is 5.73 Å². The van der Waals surface area contributed by atoms with Gasteiger partial charge >= 0.3 is 0 Å². The summed E-state index contributed by atoms with van der Waals surface area (Å²) in [5, 5.41) is 0. The first-order valence-electron chi connectivity index (χ1n) is 6.28. The standard InChI is InChI=1S/C13H22N2O2S/c1-4-5-6-7-18(16,17)9-12-11(3)13(14)10(2)8-15-12/h8H,4-7,9H2,1-3H3,(H2,14,15). The molecule has 1 heterocycles. The molecule has 1 aromatic rings. The fourth-order valence-electron chi connectivity index (χ4n) is 1.79. The molecule has 0 saturated heterocycles. The van der Waals surface area contributed by atoms with E-state index in [0.717, 1.165) is 30.4 Å². The van der Waals surface area contributed by atoms with Gasteiger partial charge in [0.05, 0.1) is 17.2 Å². The van der Waals surface area contributed by atoms with Gasteiger partial charge in [0.25, 0.3) is 0 Å². The maximum atomic E-state index is 11.9. The van der Waals surface area contributed by atoms with E-state index in [1.54, 1.807) is 6.20 Å². The molecule has 0 aliphatic rings. The number of anilines is 1. The highest BCUT2D eigenvalue weighted by atomic mass is 32.2. The molecule has 0 bridgehead atoms. The number of sulfone groups is 1. The van der Waals surface area contributed by atoms with Gasteiger partial charge in [0, 0.05) is 11.9 Å². The SMILES string of the molecule is CCCCCS(=O)(=O)Cc1ncc(C)c(N)c1C. The second kappa shape index (κ2) is 6.18. The summed E-state index contributed by atoms with van der Waals surface area (Å²) in [6.07, 6.45) is 4.32. The highest BCUT2D eigenvalue weighted by Gasteiger charge is 2.15. The molecule has 0 aliphatic heterocycles. The highest BCUT2D eigenvalue weighted by molar-refractivity contribution is 7.90. The van der Waals surface area contributed by atoms with Crippen molar-refractivity contribution in [2.75, 3.05) is 11.5 Å². The van der Waals surface area contributed by atoms with Gasteiger partial charge in [-0.1, -0.05) is 19.8 Å². The molecule has 0 aliphatic carbocycles. The smallest absolute Gasteiger partial charge is 0.156 e. The van der Waals surface area contributed by atoms with Gasteiger partial charge in [0.15, 0.2) is 9.84 Å². The zero-order valence-corrected chi connectivity index (χ0v) is 12.2. The van der Waals surface area contributed by atoms with Gasteiger partial charge in [0.1, 0.15) is 0 Å². The zero-order valence-electron chi connectivity index (χ0n) is 11.4. The van der Waals surface area contributed by atoms with E-state index in [4.69, 9.17) is 5.73 Å². The van der Waals surface area contributed by atoms with Crippen molar-refractivity contribution in [3.8, 4) is 0 Å². The predicted octanol–water partition coefficient (Wildman–Crippen LogP) is 2.39. The van der Waals surface area contributed by atoms with Crippen LogP contribution in [0, 0.1) is 13.8 Å². The fourth-order valence-corrected chi connectivity index (χ4v) is 3.29. The number of pyridine rings is 1. The van der Waals surface area contributed by atoms with Gasteiger partial charge in [-0.2, -0.15) is 0 Å². The van der Waals surface area contributed by atoms with Crippen molar-refractivity contribution in [3.05, 3.63) is 23.0 Å². The van der Waals surface area contributed by atoms with Gasteiger partial charge in [-0.05, 0) is 31.4 Å². The van der Waals surface area contributed by atoms with Crippen LogP contribution >= 0.6 is 0 Å². The monoisotopic (exact) mass is 270 g/mol. The van der Waals surface area contributed by atoms with Crippen molar-refractivity contribution >= 4 is 15.5 Å². The van der Waals surface area contributed by atoms with E-state index >= 15 is 0 Å². The first-order valence-corrected chi connectivity index (χ1v) is 8.10. The number of aryl methyl sites for hydroxylation is 1. The summed E-state index contributed by atoms with van der Waals surface area (Å²) < 4.78 is 23.9. The lowest BCUT2D eigenvalue weighted by atomic mass is 10.1. The first-order chi connectivity index (χ1) is 8.37. The number of aromatic nitrogens is 1. The summed E-state index contributed by atoms with van der Waals surface area (Å²) in [5.41, 5.74) is 8.78. The van der Waals surface area contributed by atoms with E-state index in [1.165, 1.54) is 0 Å². The summed E-state index contributed by atoms with van der Waals surface area (Å²) in [7, 11) is -3.08. The largest absolute Gasteiger partial charge is 0.398 e. The molecule has 0 atom stereocenters. The van der Waals surface area contributed by atoms with Crippen LogP contribution in [0.5, 0.6) is 0 Å². The van der Waals surface area contributed by atoms with E-state index in [1.807, 2.05) is 13.8 Å². The molecule has 0 unspecified atom stereocenters. The fraction of sp³-hybridized carbons (Fsp3) is 0.615. The minimum Gasteiger partial charge on any atom is -0.398 e. The second-order valence-electron chi connectivity index (χ2n) is 4.73. The molecule has 0 radical (unpaired) electrons. The Labute approximate surface area is 110 Å². The molecule has 0 aromatic carbocycles. The average molecular weight is 270 g/mol. The summed E-state index contributed by atoms with van der Waals surface area (Å²) in [6, 6.07) is 0. The topological polar surface area (TPSA) is 73.0 Å². The average Bonchev–Trinajstić information content (AvgIpc) is 2.30. The molecule has 102 valence electrons. The zero-order chi connectivity index (χ0) is 13.8. The van der Waals surface area contributed by atoms with Crippen LogP contribution in [0.3, 0.4) is 0 Å². The van der Waals surface area contributed by atoms with Crippen LogP contribution in [0.15, 0.2) is 6.20 Å². The van der Waals surface area contributed by atoms with Crippen molar-refractivity contribution in [2.24, 2.45) is 0 Å². The van der Waals surface area contributed by atoms with Crippen LogP contribution in [0.25, 0.3) is 0 Å². The van der Waals surface area contributed by atoms with Gasteiger partial charge in [-0.15, -0.1) is 0 Å². The molecule has 18 heavy (non-hydrogen) atoms. The van der Waals surface area contributed by atoms with E-state index in [2.05, 4.69) is 11.9 Å². The third-order valence-electron chi connectivity index (χ3n) is 3.09. The Kier molecular flexibility index (Phi) is 5.14. The van der Waals surface area contributed by atoms with E-state index in [9.17, 15) is 8.42 Å². The third-order valence-corrected chi connectivity index (χ3v) is 4.72. The van der Waals surface area contributed by atoms with Gasteiger partial charge in [0.2, 0.25) is 0 Å². The minimum atomic E-state index is -3.08. The van der Waals surface area contributed by atoms with Crippen LogP contribution in [-0.2, 0) is 15.6 Å². The minimum absolute atomic E-state index is 0.00692. The lowest BCUT2D eigenvalue weighted by Crippen LogP contribution is -2.12. The summed E-state index contributed by atoms with van der Waals surface area (Å²) in [6.45, 7) is 5.75. The van der Waals surface area contributed by atoms with Crippen molar-refractivity contribution in [2.45, 2.75) is 45.8 Å². The van der Waals surface area contributed by atoms with Crippen LogP contribution in [-0.4, -0.2) is 19.2 Å². The molecule has 2 N–H and O–H groups in total. The molecule has 5 heteroatoms. The number of hydrogen-bond donors (Lipinski definition) is 1. The lowest BCUT2D eigenvalue weighted by molar-refractivity contribution is 0.589. The highest BCUT2D eigenvalue weighted by Crippen LogP contribution is 2.20. The molecule has 0 spiro atoms. The summed E-state index contributed by atoms with van der Waals surface area (Å²) >= 11 is 0. The summed E-state index contributed by atoms with van der Waals surface area (Å²) in [5.74, 6) is 0.225. The predicted molar refractivity (Wildman–Crippen MR) is 75.1 cm³/mol. The van der Waals surface area contributed by atoms with Crippen LogP contribution in [0.4, 0.5) is 5.69 Å². The van der Waals surface area contributed by atoms with E-state index in [0.29, 0.717) is 11.4 Å².